The van der Waals surface area contributed by atoms with E-state index < -0.39 is 11.7 Å². The molecule has 0 saturated carbocycles. The van der Waals surface area contributed by atoms with Gasteiger partial charge in [-0.2, -0.15) is 0 Å². The number of nitrogens with zero attached hydrogens (tertiary/aromatic N) is 1. The fraction of sp³-hybridized carbons (Fsp3) is 0.556. The van der Waals surface area contributed by atoms with E-state index in [1.807, 2.05) is 44.2 Å². The van der Waals surface area contributed by atoms with E-state index in [1.165, 1.54) is 4.90 Å². The number of halogens is 1. The number of nitrogens with one attached hydrogen (secondary N) is 1. The number of benzene rings is 1. The van der Waals surface area contributed by atoms with Gasteiger partial charge in [-0.25, -0.2) is 4.79 Å². The van der Waals surface area contributed by atoms with Gasteiger partial charge in [0.2, 0.25) is 5.91 Å². The average Bonchev–Trinajstić information content (AvgIpc) is 2.79. The second-order valence-electron chi connectivity index (χ2n) is 10.1. The second-order valence-corrected chi connectivity index (χ2v) is 10.5. The fourth-order valence-electron chi connectivity index (χ4n) is 4.82. The van der Waals surface area contributed by atoms with Crippen molar-refractivity contribution in [2.24, 2.45) is 5.92 Å². The number of carbonyl (C=O) groups excluding carboxylic acids is 2. The van der Waals surface area contributed by atoms with E-state index in [1.54, 1.807) is 21.1 Å². The van der Waals surface area contributed by atoms with E-state index in [-0.39, 0.29) is 36.8 Å². The highest BCUT2D eigenvalue weighted by molar-refractivity contribution is 6.35. The van der Waals surface area contributed by atoms with Gasteiger partial charge in [0.05, 0.1) is 18.4 Å². The van der Waals surface area contributed by atoms with Crippen molar-refractivity contribution in [2.45, 2.75) is 77.0 Å². The maximum absolute atomic E-state index is 13.1. The van der Waals surface area contributed by atoms with E-state index in [0.717, 1.165) is 11.1 Å². The lowest BCUT2D eigenvalue weighted by atomic mass is 9.84. The van der Waals surface area contributed by atoms with Crippen LogP contribution in [0.2, 0.25) is 5.02 Å². The number of fused-ring (bicyclic) bond motifs is 4. The predicted molar refractivity (Wildman–Crippen MR) is 138 cm³/mol. The molecule has 35 heavy (non-hydrogen) atoms. The molecule has 0 radical (unpaired) electrons. The minimum absolute atomic E-state index is 0.0287. The number of hydrogen-bond donors (Lipinski definition) is 2. The Morgan fingerprint density at radius 2 is 2.06 bits per heavy atom. The standard InChI is InChI=1S/C27H37ClN2O5/c1-17-8-6-7-9-20-15-22(35-26(32)29-20)18(2)16-27(3,33)11-10-24(31)30(4)21-13-19(12-17)14-23(34-5)25(21)28/h6-8,13-14,18,20,22,33H,9-12,15-16H2,1-5H3,(H,29,32)/b7-6+,17-8+/t18?,20?,22-,27-/m0/s1. The van der Waals surface area contributed by atoms with Crippen LogP contribution in [0.3, 0.4) is 0 Å². The van der Waals surface area contributed by atoms with Crippen LogP contribution in [-0.4, -0.2) is 49.0 Å². The van der Waals surface area contributed by atoms with E-state index in [0.29, 0.717) is 42.1 Å². The molecule has 192 valence electrons. The molecule has 1 saturated heterocycles. The summed E-state index contributed by atoms with van der Waals surface area (Å²) in [7, 11) is 3.24. The average molecular weight is 505 g/mol. The number of aliphatic hydroxyl groups is 1. The normalized spacial score (nSPS) is 31.1. The van der Waals surface area contributed by atoms with E-state index in [2.05, 4.69) is 5.32 Å². The first-order chi connectivity index (χ1) is 16.5. The highest BCUT2D eigenvalue weighted by Gasteiger charge is 2.35. The molecular weight excluding hydrogens is 468 g/mol. The number of rotatable bonds is 1. The van der Waals surface area contributed by atoms with Gasteiger partial charge in [-0.15, -0.1) is 0 Å². The largest absolute Gasteiger partial charge is 0.495 e. The summed E-state index contributed by atoms with van der Waals surface area (Å²) in [6.45, 7) is 5.75. The lowest BCUT2D eigenvalue weighted by molar-refractivity contribution is -0.119. The van der Waals surface area contributed by atoms with Crippen LogP contribution in [0, 0.1) is 5.92 Å². The predicted octanol–water partition coefficient (Wildman–Crippen LogP) is 5.18. The van der Waals surface area contributed by atoms with Gasteiger partial charge in [-0.1, -0.05) is 42.3 Å². The van der Waals surface area contributed by atoms with E-state index >= 15 is 0 Å². The molecule has 2 heterocycles. The Balaban J connectivity index is 1.93. The van der Waals surface area contributed by atoms with Crippen LogP contribution >= 0.6 is 11.6 Å². The minimum atomic E-state index is -1.09. The van der Waals surface area contributed by atoms with Crippen molar-refractivity contribution in [1.29, 1.82) is 0 Å². The maximum atomic E-state index is 13.1. The van der Waals surface area contributed by atoms with Crippen molar-refractivity contribution >= 4 is 29.3 Å². The first-order valence-corrected chi connectivity index (χ1v) is 12.5. The van der Waals surface area contributed by atoms with Gasteiger partial charge in [0.25, 0.3) is 0 Å². The van der Waals surface area contributed by atoms with E-state index in [9.17, 15) is 14.7 Å². The van der Waals surface area contributed by atoms with Crippen LogP contribution in [0.1, 0.15) is 58.4 Å². The van der Waals surface area contributed by atoms with Gasteiger partial charge in [0.15, 0.2) is 0 Å². The number of anilines is 1. The first kappa shape index (κ1) is 27.1. The van der Waals surface area contributed by atoms with Crippen molar-refractivity contribution in [2.75, 3.05) is 19.1 Å². The number of amides is 2. The molecule has 1 fully saturated rings. The highest BCUT2D eigenvalue weighted by Crippen LogP contribution is 2.37. The molecule has 4 bridgehead atoms. The molecular formula is C27H37ClN2O5. The van der Waals surface area contributed by atoms with Crippen LogP contribution in [0.4, 0.5) is 10.5 Å². The summed E-state index contributed by atoms with van der Waals surface area (Å²) in [5.41, 5.74) is 1.59. The number of hydrogen-bond acceptors (Lipinski definition) is 5. The smallest absolute Gasteiger partial charge is 0.407 e. The van der Waals surface area contributed by atoms with Crippen molar-refractivity contribution in [1.82, 2.24) is 5.32 Å². The zero-order chi connectivity index (χ0) is 25.8. The molecule has 2 N–H and O–H groups in total. The molecule has 0 aromatic heterocycles. The molecule has 8 heteroatoms. The topological polar surface area (TPSA) is 88.1 Å². The molecule has 2 aliphatic heterocycles. The summed E-state index contributed by atoms with van der Waals surface area (Å²) in [6, 6.07) is 3.77. The lowest BCUT2D eigenvalue weighted by Crippen LogP contribution is -2.48. The fourth-order valence-corrected chi connectivity index (χ4v) is 5.14. The van der Waals surface area contributed by atoms with Gasteiger partial charge >= 0.3 is 6.09 Å². The second kappa shape index (κ2) is 11.5. The Morgan fingerprint density at radius 3 is 2.77 bits per heavy atom. The van der Waals surface area contributed by atoms with Gasteiger partial charge < -0.3 is 24.8 Å². The summed E-state index contributed by atoms with van der Waals surface area (Å²) in [4.78, 5) is 26.7. The molecule has 1 aromatic carbocycles. The van der Waals surface area contributed by atoms with Crippen molar-refractivity contribution in [3.63, 3.8) is 0 Å². The summed E-state index contributed by atoms with van der Waals surface area (Å²) in [6.07, 6.45) is 8.24. The van der Waals surface area contributed by atoms with Crippen molar-refractivity contribution in [3.8, 4) is 5.75 Å². The van der Waals surface area contributed by atoms with Crippen molar-refractivity contribution in [3.05, 3.63) is 46.5 Å². The number of methoxy groups -OCH3 is 1. The summed E-state index contributed by atoms with van der Waals surface area (Å²) < 4.78 is 11.0. The minimum Gasteiger partial charge on any atom is -0.495 e. The molecule has 4 atom stereocenters. The number of ether oxygens (including phenoxy) is 2. The van der Waals surface area contributed by atoms with Crippen molar-refractivity contribution < 1.29 is 24.2 Å². The van der Waals surface area contributed by atoms with Gasteiger partial charge in [-0.05, 0) is 63.1 Å². The zero-order valence-electron chi connectivity index (χ0n) is 21.3. The number of allylic oxidation sites excluding steroid dienone is 3. The molecule has 0 spiro atoms. The summed E-state index contributed by atoms with van der Waals surface area (Å²) >= 11 is 6.57. The van der Waals surface area contributed by atoms with Crippen LogP contribution in [0.25, 0.3) is 0 Å². The van der Waals surface area contributed by atoms with Gasteiger partial charge in [-0.3, -0.25) is 4.79 Å². The molecule has 1 aromatic rings. The molecule has 2 unspecified atom stereocenters. The number of carbonyl (C=O) groups is 2. The van der Waals surface area contributed by atoms with Gasteiger partial charge in [0.1, 0.15) is 16.9 Å². The Bertz CT molecular complexity index is 1000. The lowest BCUT2D eigenvalue weighted by Gasteiger charge is -2.36. The SMILES string of the molecule is COc1cc2cc(c1Cl)N(C)C(=O)CC[C@](C)(O)CC(C)[C@@H]1CC(C/C=C/C=C(\C)C2)NC(=O)O1. The Labute approximate surface area is 213 Å². The van der Waals surface area contributed by atoms with Crippen LogP contribution in [0.5, 0.6) is 5.75 Å². The molecule has 0 aliphatic carbocycles. The number of alkyl carbamates (subject to hydrolysis) is 1. The summed E-state index contributed by atoms with van der Waals surface area (Å²) in [5.74, 6) is 0.298. The molecule has 7 nitrogen and oxygen atoms in total. The monoisotopic (exact) mass is 504 g/mol. The third kappa shape index (κ3) is 7.24. The quantitative estimate of drug-likeness (QED) is 0.550. The third-order valence-electron chi connectivity index (χ3n) is 6.83. The van der Waals surface area contributed by atoms with E-state index in [4.69, 9.17) is 21.1 Å². The maximum Gasteiger partial charge on any atom is 0.407 e. The third-order valence-corrected chi connectivity index (χ3v) is 7.21. The Hall–Kier alpha value is -2.51. The Kier molecular flexibility index (Phi) is 8.89. The zero-order valence-corrected chi connectivity index (χ0v) is 22.0. The van der Waals surface area contributed by atoms with Crippen LogP contribution in [-0.2, 0) is 16.0 Å². The molecule has 2 amide bonds. The van der Waals surface area contributed by atoms with Crippen LogP contribution in [0.15, 0.2) is 35.9 Å². The summed E-state index contributed by atoms with van der Waals surface area (Å²) in [5, 5.41) is 14.3. The highest BCUT2D eigenvalue weighted by atomic mass is 35.5. The molecule has 2 aliphatic rings. The first-order valence-electron chi connectivity index (χ1n) is 12.1. The van der Waals surface area contributed by atoms with Gasteiger partial charge in [0, 0.05) is 25.9 Å². The van der Waals surface area contributed by atoms with Crippen LogP contribution < -0.4 is 15.0 Å². The Morgan fingerprint density at radius 1 is 1.31 bits per heavy atom. The molecule has 3 rings (SSSR count).